The van der Waals surface area contributed by atoms with Gasteiger partial charge in [-0.25, -0.2) is 0 Å². The zero-order chi connectivity index (χ0) is 16.5. The van der Waals surface area contributed by atoms with Gasteiger partial charge in [0.05, 0.1) is 13.5 Å². The van der Waals surface area contributed by atoms with Crippen LogP contribution in [0.25, 0.3) is 0 Å². The second-order valence-corrected chi connectivity index (χ2v) is 4.77. The van der Waals surface area contributed by atoms with Crippen molar-refractivity contribution in [3.63, 3.8) is 0 Å². The highest BCUT2D eigenvalue weighted by atomic mass is 16.5. The number of ketones is 1. The SMILES string of the molecule is CCCNC(=O)COC(=O)Cc1cc(C(C)=O)ccc1OC. The molecule has 0 spiro atoms. The van der Waals surface area contributed by atoms with E-state index in [9.17, 15) is 14.4 Å². The number of amides is 1. The summed E-state index contributed by atoms with van der Waals surface area (Å²) in [5.74, 6) is -0.487. The molecule has 0 atom stereocenters. The number of nitrogens with one attached hydrogen (secondary N) is 1. The van der Waals surface area contributed by atoms with E-state index in [0.717, 1.165) is 6.42 Å². The van der Waals surface area contributed by atoms with Gasteiger partial charge in [-0.05, 0) is 31.5 Å². The molecule has 0 aliphatic rings. The van der Waals surface area contributed by atoms with Crippen LogP contribution in [0.3, 0.4) is 0 Å². The van der Waals surface area contributed by atoms with Crippen LogP contribution in [0.5, 0.6) is 5.75 Å². The monoisotopic (exact) mass is 307 g/mol. The van der Waals surface area contributed by atoms with Crippen LogP contribution in [-0.2, 0) is 20.7 Å². The van der Waals surface area contributed by atoms with Gasteiger partial charge in [0, 0.05) is 17.7 Å². The fraction of sp³-hybridized carbons (Fsp3) is 0.438. The zero-order valence-electron chi connectivity index (χ0n) is 13.1. The maximum atomic E-state index is 11.8. The highest BCUT2D eigenvalue weighted by Gasteiger charge is 2.13. The van der Waals surface area contributed by atoms with Crippen LogP contribution in [0, 0.1) is 0 Å². The molecule has 0 unspecified atom stereocenters. The van der Waals surface area contributed by atoms with Crippen LogP contribution in [-0.4, -0.2) is 37.9 Å². The van der Waals surface area contributed by atoms with Gasteiger partial charge in [-0.15, -0.1) is 0 Å². The molecule has 0 saturated carbocycles. The summed E-state index contributed by atoms with van der Waals surface area (Å²) in [6, 6.07) is 4.86. The van der Waals surface area contributed by atoms with Crippen LogP contribution in [0.4, 0.5) is 0 Å². The minimum Gasteiger partial charge on any atom is -0.496 e. The first-order valence-electron chi connectivity index (χ1n) is 7.08. The van der Waals surface area contributed by atoms with Gasteiger partial charge in [-0.2, -0.15) is 0 Å². The second-order valence-electron chi connectivity index (χ2n) is 4.77. The summed E-state index contributed by atoms with van der Waals surface area (Å²) >= 11 is 0. The summed E-state index contributed by atoms with van der Waals surface area (Å²) in [7, 11) is 1.48. The number of ether oxygens (including phenoxy) is 2. The Kier molecular flexibility index (Phi) is 7.08. The van der Waals surface area contributed by atoms with Gasteiger partial charge < -0.3 is 14.8 Å². The van der Waals surface area contributed by atoms with Crippen LogP contribution in [0.2, 0.25) is 0 Å². The quantitative estimate of drug-likeness (QED) is 0.581. The van der Waals surface area contributed by atoms with Crippen LogP contribution in [0.15, 0.2) is 18.2 Å². The Morgan fingerprint density at radius 3 is 2.55 bits per heavy atom. The molecule has 0 aromatic heterocycles. The van der Waals surface area contributed by atoms with Gasteiger partial charge in [0.2, 0.25) is 0 Å². The zero-order valence-corrected chi connectivity index (χ0v) is 13.1. The van der Waals surface area contributed by atoms with Gasteiger partial charge in [0.15, 0.2) is 12.4 Å². The molecule has 0 aliphatic heterocycles. The Bertz CT molecular complexity index is 553. The lowest BCUT2D eigenvalue weighted by atomic mass is 10.0. The molecule has 0 radical (unpaired) electrons. The molecule has 22 heavy (non-hydrogen) atoms. The summed E-state index contributed by atoms with van der Waals surface area (Å²) in [4.78, 5) is 34.6. The number of hydrogen-bond donors (Lipinski definition) is 1. The summed E-state index contributed by atoms with van der Waals surface area (Å²) in [6.07, 6.45) is 0.750. The molecule has 1 amide bonds. The van der Waals surface area contributed by atoms with Crippen LogP contribution in [0.1, 0.15) is 36.2 Å². The minimum absolute atomic E-state index is 0.0641. The standard InChI is InChI=1S/C16H21NO5/c1-4-7-17-15(19)10-22-16(20)9-13-8-12(11(2)18)5-6-14(13)21-3/h5-6,8H,4,7,9-10H2,1-3H3,(H,17,19). The predicted molar refractivity (Wildman–Crippen MR) is 81.0 cm³/mol. The van der Waals surface area contributed by atoms with Gasteiger partial charge in [0.1, 0.15) is 5.75 Å². The maximum absolute atomic E-state index is 11.8. The summed E-state index contributed by atoms with van der Waals surface area (Å²) in [6.45, 7) is 3.61. The molecule has 0 heterocycles. The number of benzene rings is 1. The molecule has 1 aromatic carbocycles. The van der Waals surface area contributed by atoms with E-state index < -0.39 is 5.97 Å². The number of esters is 1. The van der Waals surface area contributed by atoms with Gasteiger partial charge in [-0.3, -0.25) is 14.4 Å². The molecule has 1 rings (SSSR count). The Hall–Kier alpha value is -2.37. The lowest BCUT2D eigenvalue weighted by Crippen LogP contribution is -2.29. The first-order chi connectivity index (χ1) is 10.5. The van der Waals surface area contributed by atoms with E-state index in [2.05, 4.69) is 5.32 Å². The second kappa shape index (κ2) is 8.81. The van der Waals surface area contributed by atoms with Gasteiger partial charge >= 0.3 is 5.97 Å². The number of hydrogen-bond acceptors (Lipinski definition) is 5. The number of carbonyl (C=O) groups excluding carboxylic acids is 3. The molecular weight excluding hydrogens is 286 g/mol. The third-order valence-corrected chi connectivity index (χ3v) is 2.96. The van der Waals surface area contributed by atoms with E-state index in [1.807, 2.05) is 6.92 Å². The average Bonchev–Trinajstić information content (AvgIpc) is 2.50. The van der Waals surface area contributed by atoms with Crippen molar-refractivity contribution in [2.45, 2.75) is 26.7 Å². The number of methoxy groups -OCH3 is 1. The molecule has 0 aliphatic carbocycles. The predicted octanol–water partition coefficient (Wildman–Crippen LogP) is 1.51. The van der Waals surface area contributed by atoms with Crippen molar-refractivity contribution in [1.82, 2.24) is 5.32 Å². The number of Topliss-reactive ketones (excluding diaryl/α,β-unsaturated/α-hetero) is 1. The fourth-order valence-electron chi connectivity index (χ4n) is 1.80. The molecule has 1 N–H and O–H groups in total. The molecular formula is C16H21NO5. The number of rotatable bonds is 8. The van der Waals surface area contributed by atoms with Crippen molar-refractivity contribution in [2.75, 3.05) is 20.3 Å². The largest absolute Gasteiger partial charge is 0.496 e. The molecule has 1 aromatic rings. The molecule has 6 nitrogen and oxygen atoms in total. The van der Waals surface area contributed by atoms with Crippen molar-refractivity contribution in [1.29, 1.82) is 0 Å². The highest BCUT2D eigenvalue weighted by Crippen LogP contribution is 2.21. The third-order valence-electron chi connectivity index (χ3n) is 2.96. The smallest absolute Gasteiger partial charge is 0.310 e. The van der Waals surface area contributed by atoms with Crippen LogP contribution < -0.4 is 10.1 Å². The molecule has 0 saturated heterocycles. The van der Waals surface area contributed by atoms with Crippen LogP contribution >= 0.6 is 0 Å². The normalized spacial score (nSPS) is 9.95. The topological polar surface area (TPSA) is 81.7 Å². The molecule has 0 bridgehead atoms. The van der Waals surface area contributed by atoms with E-state index in [0.29, 0.717) is 23.4 Å². The fourth-order valence-corrected chi connectivity index (χ4v) is 1.80. The van der Waals surface area contributed by atoms with Crippen molar-refractivity contribution in [2.24, 2.45) is 0 Å². The van der Waals surface area contributed by atoms with Gasteiger partial charge in [0.25, 0.3) is 5.91 Å². The Balaban J connectivity index is 2.65. The lowest BCUT2D eigenvalue weighted by Gasteiger charge is -2.10. The van der Waals surface area contributed by atoms with Gasteiger partial charge in [-0.1, -0.05) is 6.92 Å². The molecule has 0 fully saturated rings. The van der Waals surface area contributed by atoms with E-state index in [1.54, 1.807) is 18.2 Å². The van der Waals surface area contributed by atoms with E-state index in [1.165, 1.54) is 14.0 Å². The summed E-state index contributed by atoms with van der Waals surface area (Å²) in [5, 5.41) is 2.61. The lowest BCUT2D eigenvalue weighted by molar-refractivity contribution is -0.147. The summed E-state index contributed by atoms with van der Waals surface area (Å²) < 4.78 is 10.1. The van der Waals surface area contributed by atoms with Crippen molar-refractivity contribution in [3.05, 3.63) is 29.3 Å². The van der Waals surface area contributed by atoms with E-state index >= 15 is 0 Å². The van der Waals surface area contributed by atoms with E-state index in [-0.39, 0.29) is 24.7 Å². The third kappa shape index (κ3) is 5.55. The van der Waals surface area contributed by atoms with Crippen molar-refractivity contribution in [3.8, 4) is 5.75 Å². The average molecular weight is 307 g/mol. The van der Waals surface area contributed by atoms with Crippen molar-refractivity contribution < 1.29 is 23.9 Å². The molecule has 6 heteroatoms. The first kappa shape index (κ1) is 17.7. The Morgan fingerprint density at radius 1 is 1.23 bits per heavy atom. The summed E-state index contributed by atoms with van der Waals surface area (Å²) in [5.41, 5.74) is 1.04. The van der Waals surface area contributed by atoms with E-state index in [4.69, 9.17) is 9.47 Å². The first-order valence-corrected chi connectivity index (χ1v) is 7.08. The molecule has 120 valence electrons. The Labute approximate surface area is 129 Å². The minimum atomic E-state index is -0.550. The Morgan fingerprint density at radius 2 is 1.95 bits per heavy atom. The van der Waals surface area contributed by atoms with Crippen molar-refractivity contribution >= 4 is 17.7 Å². The number of carbonyl (C=O) groups is 3. The highest BCUT2D eigenvalue weighted by molar-refractivity contribution is 5.94. The maximum Gasteiger partial charge on any atom is 0.310 e.